The van der Waals surface area contributed by atoms with E-state index in [9.17, 15) is 0 Å². The Labute approximate surface area is 116 Å². The van der Waals surface area contributed by atoms with Gasteiger partial charge >= 0.3 is 0 Å². The molecule has 1 aromatic carbocycles. The zero-order chi connectivity index (χ0) is 13.3. The topological polar surface area (TPSA) is 26.2 Å². The lowest BCUT2D eigenvalue weighted by Gasteiger charge is -2.07. The zero-order valence-corrected chi connectivity index (χ0v) is 12.9. The Bertz CT molecular complexity index is 575. The van der Waals surface area contributed by atoms with Crippen molar-refractivity contribution in [2.75, 3.05) is 20.7 Å². The minimum absolute atomic E-state index is 0.925. The van der Waals surface area contributed by atoms with Gasteiger partial charge in [-0.25, -0.2) is 0 Å². The van der Waals surface area contributed by atoms with Gasteiger partial charge in [0, 0.05) is 35.6 Å². The van der Waals surface area contributed by atoms with Crippen molar-refractivity contribution in [1.29, 1.82) is 0 Å². The van der Waals surface area contributed by atoms with E-state index < -0.39 is 0 Å². The average molecular weight is 311 g/mol. The Morgan fingerprint density at radius 2 is 2.11 bits per heavy atom. The predicted octanol–water partition coefficient (Wildman–Crippen LogP) is 3.02. The van der Waals surface area contributed by atoms with Gasteiger partial charge in [0.15, 0.2) is 0 Å². The van der Waals surface area contributed by atoms with Crippen LogP contribution in [-0.2, 0) is 13.5 Å². The predicted molar refractivity (Wildman–Crippen MR) is 79.5 cm³/mol. The molecule has 1 N–H and O–H groups in total. The Balaban J connectivity index is 2.71. The highest BCUT2D eigenvalue weighted by Crippen LogP contribution is 2.37. The molecule has 0 radical (unpaired) electrons. The van der Waals surface area contributed by atoms with Crippen molar-refractivity contribution in [3.05, 3.63) is 27.9 Å². The number of aryl methyl sites for hydroxylation is 2. The summed E-state index contributed by atoms with van der Waals surface area (Å²) < 4.78 is 8.89. The molecule has 98 valence electrons. The first-order valence-electron chi connectivity index (χ1n) is 6.06. The van der Waals surface area contributed by atoms with E-state index in [4.69, 9.17) is 4.74 Å². The summed E-state index contributed by atoms with van der Waals surface area (Å²) in [5.74, 6) is 0.925. The van der Waals surface area contributed by atoms with Crippen LogP contribution in [0.2, 0.25) is 0 Å². The van der Waals surface area contributed by atoms with Crippen molar-refractivity contribution in [2.45, 2.75) is 13.3 Å². The number of fused-ring (bicyclic) bond motifs is 1. The summed E-state index contributed by atoms with van der Waals surface area (Å²) in [4.78, 5) is 0. The molecule has 0 saturated carbocycles. The molecule has 0 aliphatic rings. The first-order chi connectivity index (χ1) is 8.61. The monoisotopic (exact) mass is 310 g/mol. The molecule has 0 atom stereocenters. The van der Waals surface area contributed by atoms with Crippen LogP contribution < -0.4 is 10.1 Å². The van der Waals surface area contributed by atoms with Crippen LogP contribution in [0.5, 0.6) is 5.75 Å². The molecular weight excluding hydrogens is 292 g/mol. The van der Waals surface area contributed by atoms with Crippen LogP contribution in [-0.4, -0.2) is 25.3 Å². The number of hydrogen-bond donors (Lipinski definition) is 1. The van der Waals surface area contributed by atoms with E-state index in [2.05, 4.69) is 45.9 Å². The molecule has 0 bridgehead atoms. The highest BCUT2D eigenvalue weighted by molar-refractivity contribution is 9.10. The zero-order valence-electron chi connectivity index (χ0n) is 11.3. The second-order valence-electron chi connectivity index (χ2n) is 4.48. The van der Waals surface area contributed by atoms with E-state index in [0.717, 1.165) is 24.2 Å². The molecule has 2 aromatic rings. The summed E-state index contributed by atoms with van der Waals surface area (Å²) in [6.07, 6.45) is 0.991. The second-order valence-corrected chi connectivity index (χ2v) is 5.27. The van der Waals surface area contributed by atoms with Gasteiger partial charge in [0.25, 0.3) is 0 Å². The van der Waals surface area contributed by atoms with Crippen LogP contribution in [0.3, 0.4) is 0 Å². The molecule has 0 aliphatic heterocycles. The maximum absolute atomic E-state index is 5.48. The number of methoxy groups -OCH3 is 1. The van der Waals surface area contributed by atoms with Crippen LogP contribution in [0, 0.1) is 6.92 Å². The minimum Gasteiger partial charge on any atom is -0.495 e. The first kappa shape index (κ1) is 13.4. The van der Waals surface area contributed by atoms with E-state index in [-0.39, 0.29) is 0 Å². The number of benzene rings is 1. The summed E-state index contributed by atoms with van der Waals surface area (Å²) >= 11 is 3.74. The highest BCUT2D eigenvalue weighted by Gasteiger charge is 2.17. The third-order valence-corrected chi connectivity index (χ3v) is 4.25. The smallest absolute Gasteiger partial charge is 0.143 e. The first-order valence-corrected chi connectivity index (χ1v) is 6.86. The summed E-state index contributed by atoms with van der Waals surface area (Å²) in [6.45, 7) is 3.10. The van der Waals surface area contributed by atoms with Crippen molar-refractivity contribution in [3.63, 3.8) is 0 Å². The van der Waals surface area contributed by atoms with E-state index in [0.29, 0.717) is 0 Å². The lowest BCUT2D eigenvalue weighted by Crippen LogP contribution is -2.12. The quantitative estimate of drug-likeness (QED) is 0.939. The second kappa shape index (κ2) is 5.33. The van der Waals surface area contributed by atoms with Crippen LogP contribution in [0.4, 0.5) is 0 Å². The van der Waals surface area contributed by atoms with Crippen LogP contribution in [0.1, 0.15) is 11.3 Å². The van der Waals surface area contributed by atoms with E-state index in [1.54, 1.807) is 7.11 Å². The highest BCUT2D eigenvalue weighted by atomic mass is 79.9. The Kier molecular flexibility index (Phi) is 3.97. The summed E-state index contributed by atoms with van der Waals surface area (Å²) in [6, 6.07) is 4.14. The third kappa shape index (κ3) is 2.04. The normalized spacial score (nSPS) is 11.2. The maximum Gasteiger partial charge on any atom is 0.143 e. The number of nitrogens with one attached hydrogen (secondary N) is 1. The molecule has 18 heavy (non-hydrogen) atoms. The van der Waals surface area contributed by atoms with E-state index >= 15 is 0 Å². The van der Waals surface area contributed by atoms with Crippen molar-refractivity contribution >= 4 is 26.8 Å². The average Bonchev–Trinajstić information content (AvgIpc) is 2.62. The van der Waals surface area contributed by atoms with Crippen molar-refractivity contribution in [2.24, 2.45) is 7.05 Å². The number of hydrogen-bond acceptors (Lipinski definition) is 2. The molecule has 4 heteroatoms. The minimum atomic E-state index is 0.925. The molecule has 0 spiro atoms. The fraction of sp³-hybridized carbons (Fsp3) is 0.429. The number of likely N-dealkylation sites (N-methyl/N-ethyl adjacent to an activating group) is 1. The molecule has 3 nitrogen and oxygen atoms in total. The Morgan fingerprint density at radius 1 is 1.39 bits per heavy atom. The van der Waals surface area contributed by atoms with Gasteiger partial charge in [-0.15, -0.1) is 0 Å². The van der Waals surface area contributed by atoms with Crippen LogP contribution >= 0.6 is 15.9 Å². The number of nitrogens with zero attached hydrogens (tertiary/aromatic N) is 1. The molecular formula is C14H19BrN2O. The molecule has 0 amide bonds. The van der Waals surface area contributed by atoms with Crippen LogP contribution in [0.25, 0.3) is 10.9 Å². The van der Waals surface area contributed by atoms with Gasteiger partial charge in [-0.1, -0.05) is 6.07 Å². The summed E-state index contributed by atoms with van der Waals surface area (Å²) in [5, 5.41) is 4.45. The van der Waals surface area contributed by atoms with E-state index in [1.165, 1.54) is 21.1 Å². The standard InChI is InChI=1S/C14H19BrN2O/c1-9-5-6-11(18-4)14-12(9)13(15)10(17(14)3)7-8-16-2/h5-6,16H,7-8H2,1-4H3. The Morgan fingerprint density at radius 3 is 2.72 bits per heavy atom. The lowest BCUT2D eigenvalue weighted by molar-refractivity contribution is 0.417. The van der Waals surface area contributed by atoms with Gasteiger partial charge in [0.1, 0.15) is 5.75 Å². The van der Waals surface area contributed by atoms with Crippen molar-refractivity contribution in [3.8, 4) is 5.75 Å². The molecule has 0 fully saturated rings. The molecule has 2 rings (SSSR count). The Hall–Kier alpha value is -1.00. The number of rotatable bonds is 4. The van der Waals surface area contributed by atoms with E-state index in [1.807, 2.05) is 13.1 Å². The summed E-state index contributed by atoms with van der Waals surface area (Å²) in [7, 11) is 5.79. The fourth-order valence-corrected chi connectivity index (χ4v) is 3.36. The SMILES string of the molecule is CNCCc1c(Br)c2c(C)ccc(OC)c2n1C. The summed E-state index contributed by atoms with van der Waals surface area (Å²) in [5.41, 5.74) is 3.73. The largest absolute Gasteiger partial charge is 0.495 e. The fourth-order valence-electron chi connectivity index (χ4n) is 2.40. The molecule has 0 aliphatic carbocycles. The van der Waals surface area contributed by atoms with Gasteiger partial charge in [-0.2, -0.15) is 0 Å². The van der Waals surface area contributed by atoms with Crippen molar-refractivity contribution in [1.82, 2.24) is 9.88 Å². The number of halogens is 1. The number of ether oxygens (including phenoxy) is 1. The van der Waals surface area contributed by atoms with Crippen molar-refractivity contribution < 1.29 is 4.74 Å². The molecule has 0 saturated heterocycles. The van der Waals surface area contributed by atoms with Gasteiger partial charge < -0.3 is 14.6 Å². The number of aromatic nitrogens is 1. The maximum atomic E-state index is 5.48. The molecule has 1 aromatic heterocycles. The van der Waals surface area contributed by atoms with Gasteiger partial charge in [-0.3, -0.25) is 0 Å². The lowest BCUT2D eigenvalue weighted by atomic mass is 10.1. The van der Waals surface area contributed by atoms with Gasteiger partial charge in [-0.05, 0) is 41.5 Å². The van der Waals surface area contributed by atoms with Gasteiger partial charge in [0.2, 0.25) is 0 Å². The molecule has 0 unspecified atom stereocenters. The van der Waals surface area contributed by atoms with Crippen LogP contribution in [0.15, 0.2) is 16.6 Å². The molecule has 1 heterocycles. The van der Waals surface area contributed by atoms with Gasteiger partial charge in [0.05, 0.1) is 12.6 Å². The third-order valence-electron chi connectivity index (χ3n) is 3.39.